The van der Waals surface area contributed by atoms with Crippen LogP contribution in [0.5, 0.6) is 0 Å². The monoisotopic (exact) mass is 256 g/mol. The molecule has 2 rings (SSSR count). The molecule has 2 N–H and O–H groups in total. The molecule has 6 heteroatoms. The van der Waals surface area contributed by atoms with E-state index in [0.29, 0.717) is 16.2 Å². The van der Waals surface area contributed by atoms with Crippen LogP contribution >= 0.6 is 15.9 Å². The number of rotatable bonds is 2. The van der Waals surface area contributed by atoms with Crippen molar-refractivity contribution in [2.24, 2.45) is 0 Å². The number of furan rings is 1. The first-order chi connectivity index (χ1) is 6.68. The molecule has 0 amide bonds. The number of carboxylic acids is 1. The van der Waals surface area contributed by atoms with E-state index in [-0.39, 0.29) is 5.69 Å². The van der Waals surface area contributed by atoms with Crippen molar-refractivity contribution >= 4 is 21.9 Å². The third kappa shape index (κ3) is 1.44. The summed E-state index contributed by atoms with van der Waals surface area (Å²) in [5.41, 5.74) is -0.0589. The molecule has 0 aliphatic rings. The van der Waals surface area contributed by atoms with E-state index in [1.54, 1.807) is 12.1 Å². The molecule has 0 radical (unpaired) electrons. The van der Waals surface area contributed by atoms with E-state index in [1.165, 1.54) is 6.26 Å². The number of H-pyrrole nitrogens is 1. The van der Waals surface area contributed by atoms with Crippen LogP contribution in [0.3, 0.4) is 0 Å². The van der Waals surface area contributed by atoms with Crippen LogP contribution in [-0.4, -0.2) is 21.0 Å². The fourth-order valence-corrected chi connectivity index (χ4v) is 1.47. The Kier molecular flexibility index (Phi) is 2.12. The quantitative estimate of drug-likeness (QED) is 0.863. The van der Waals surface area contributed by atoms with E-state index in [4.69, 9.17) is 9.52 Å². The van der Waals surface area contributed by atoms with Gasteiger partial charge in [-0.3, -0.25) is 0 Å². The lowest BCUT2D eigenvalue weighted by atomic mass is 10.4. The van der Waals surface area contributed by atoms with Crippen LogP contribution in [0.25, 0.3) is 11.6 Å². The van der Waals surface area contributed by atoms with Gasteiger partial charge in [0.15, 0.2) is 17.3 Å². The Balaban J connectivity index is 2.48. The Morgan fingerprint density at radius 3 is 2.93 bits per heavy atom. The highest BCUT2D eigenvalue weighted by atomic mass is 79.9. The van der Waals surface area contributed by atoms with Crippen molar-refractivity contribution in [2.45, 2.75) is 0 Å². The maximum atomic E-state index is 10.7. The molecule has 0 atom stereocenters. The lowest BCUT2D eigenvalue weighted by Gasteiger charge is -1.86. The number of nitrogens with one attached hydrogen (secondary N) is 1. The first kappa shape index (κ1) is 9.01. The smallest absolute Gasteiger partial charge is 0.357 e. The number of halogens is 1. The molecule has 0 unspecified atom stereocenters. The number of hydrogen-bond acceptors (Lipinski definition) is 3. The van der Waals surface area contributed by atoms with Crippen molar-refractivity contribution in [3.8, 4) is 11.6 Å². The van der Waals surface area contributed by atoms with Crippen molar-refractivity contribution in [1.82, 2.24) is 9.97 Å². The van der Waals surface area contributed by atoms with Crippen molar-refractivity contribution in [2.75, 3.05) is 0 Å². The highest BCUT2D eigenvalue weighted by Gasteiger charge is 2.16. The van der Waals surface area contributed by atoms with Gasteiger partial charge in [0.1, 0.15) is 4.60 Å². The Hall–Kier alpha value is -1.56. The van der Waals surface area contributed by atoms with E-state index in [2.05, 4.69) is 25.9 Å². The van der Waals surface area contributed by atoms with Crippen LogP contribution < -0.4 is 0 Å². The molecule has 2 aromatic heterocycles. The standard InChI is InChI=1S/C8H5BrN2O3/c9-6-5(8(12)13)10-7(11-6)4-2-1-3-14-4/h1-3H,(H,10,11)(H,12,13). The number of nitrogens with zero attached hydrogens (tertiary/aromatic N) is 1. The molecule has 0 aliphatic carbocycles. The molecule has 2 heterocycles. The Bertz CT molecular complexity index is 461. The Labute approximate surface area is 86.9 Å². The minimum atomic E-state index is -1.09. The second-order valence-electron chi connectivity index (χ2n) is 2.53. The first-order valence-electron chi connectivity index (χ1n) is 3.71. The molecule has 0 saturated carbocycles. The average molecular weight is 257 g/mol. The zero-order chi connectivity index (χ0) is 10.1. The number of imidazole rings is 1. The summed E-state index contributed by atoms with van der Waals surface area (Å²) < 4.78 is 5.39. The van der Waals surface area contributed by atoms with Gasteiger partial charge in [-0.2, -0.15) is 0 Å². The van der Waals surface area contributed by atoms with Crippen molar-refractivity contribution < 1.29 is 14.3 Å². The minimum absolute atomic E-state index is 0.0589. The van der Waals surface area contributed by atoms with Crippen LogP contribution in [0.1, 0.15) is 10.5 Å². The van der Waals surface area contributed by atoms with E-state index in [9.17, 15) is 4.79 Å². The highest BCUT2D eigenvalue weighted by molar-refractivity contribution is 9.10. The first-order valence-corrected chi connectivity index (χ1v) is 4.50. The predicted molar refractivity (Wildman–Crippen MR) is 50.9 cm³/mol. The van der Waals surface area contributed by atoms with Crippen molar-refractivity contribution in [3.05, 3.63) is 28.7 Å². The summed E-state index contributed by atoms with van der Waals surface area (Å²) in [5.74, 6) is -0.205. The van der Waals surface area contributed by atoms with E-state index < -0.39 is 5.97 Å². The molecule has 2 aromatic rings. The average Bonchev–Trinajstić information content (AvgIpc) is 2.70. The maximum Gasteiger partial charge on any atom is 0.357 e. The molecule has 5 nitrogen and oxygen atoms in total. The topological polar surface area (TPSA) is 79.1 Å². The number of carboxylic acid groups (broad SMARTS) is 1. The van der Waals surface area contributed by atoms with Gasteiger partial charge in [-0.15, -0.1) is 0 Å². The number of hydrogen-bond donors (Lipinski definition) is 2. The van der Waals surface area contributed by atoms with Crippen LogP contribution in [0.4, 0.5) is 0 Å². The molecular formula is C8H5BrN2O3. The van der Waals surface area contributed by atoms with Crippen molar-refractivity contribution in [1.29, 1.82) is 0 Å². The van der Waals surface area contributed by atoms with Crippen LogP contribution in [-0.2, 0) is 0 Å². The molecule has 0 fully saturated rings. The molecule has 0 spiro atoms. The fourth-order valence-electron chi connectivity index (χ4n) is 1.02. The van der Waals surface area contributed by atoms with Gasteiger partial charge in [-0.05, 0) is 28.1 Å². The second kappa shape index (κ2) is 3.30. The molecule has 0 aliphatic heterocycles. The highest BCUT2D eigenvalue weighted by Crippen LogP contribution is 2.21. The largest absolute Gasteiger partial charge is 0.476 e. The summed E-state index contributed by atoms with van der Waals surface area (Å²) in [6.45, 7) is 0. The minimum Gasteiger partial charge on any atom is -0.476 e. The summed E-state index contributed by atoms with van der Waals surface area (Å²) in [6.07, 6.45) is 1.49. The van der Waals surface area contributed by atoms with Gasteiger partial charge in [0, 0.05) is 0 Å². The Morgan fingerprint density at radius 2 is 2.43 bits per heavy atom. The third-order valence-electron chi connectivity index (χ3n) is 1.62. The number of aromatic amines is 1. The summed E-state index contributed by atoms with van der Waals surface area (Å²) in [7, 11) is 0. The molecule has 0 bridgehead atoms. The van der Waals surface area contributed by atoms with Gasteiger partial charge < -0.3 is 14.5 Å². The third-order valence-corrected chi connectivity index (χ3v) is 2.19. The van der Waals surface area contributed by atoms with E-state index in [0.717, 1.165) is 0 Å². The molecular weight excluding hydrogens is 252 g/mol. The normalized spacial score (nSPS) is 10.4. The van der Waals surface area contributed by atoms with Crippen LogP contribution in [0.2, 0.25) is 0 Å². The number of carbonyl (C=O) groups is 1. The molecule has 72 valence electrons. The van der Waals surface area contributed by atoms with Crippen LogP contribution in [0.15, 0.2) is 27.4 Å². The van der Waals surface area contributed by atoms with Crippen LogP contribution in [0, 0.1) is 0 Å². The molecule has 0 saturated heterocycles. The zero-order valence-corrected chi connectivity index (χ0v) is 8.41. The van der Waals surface area contributed by atoms with E-state index in [1.807, 2.05) is 0 Å². The molecule has 14 heavy (non-hydrogen) atoms. The lowest BCUT2D eigenvalue weighted by Crippen LogP contribution is -1.96. The number of aromatic carboxylic acids is 1. The van der Waals surface area contributed by atoms with Gasteiger partial charge in [-0.25, -0.2) is 9.78 Å². The SMILES string of the molecule is O=C(O)c1nc(-c2ccco2)[nH]c1Br. The summed E-state index contributed by atoms with van der Waals surface area (Å²) >= 11 is 3.06. The van der Waals surface area contributed by atoms with E-state index >= 15 is 0 Å². The summed E-state index contributed by atoms with van der Waals surface area (Å²) in [6, 6.07) is 3.39. The molecule has 0 aromatic carbocycles. The lowest BCUT2D eigenvalue weighted by molar-refractivity contribution is 0.0690. The predicted octanol–water partition coefficient (Wildman–Crippen LogP) is 2.13. The van der Waals surface area contributed by atoms with Gasteiger partial charge in [-0.1, -0.05) is 0 Å². The fraction of sp³-hybridized carbons (Fsp3) is 0. The van der Waals surface area contributed by atoms with Crippen molar-refractivity contribution in [3.63, 3.8) is 0 Å². The van der Waals surface area contributed by atoms with Gasteiger partial charge in [0.25, 0.3) is 0 Å². The zero-order valence-electron chi connectivity index (χ0n) is 6.82. The summed E-state index contributed by atoms with van der Waals surface area (Å²) in [4.78, 5) is 17.3. The Morgan fingerprint density at radius 1 is 1.64 bits per heavy atom. The maximum absolute atomic E-state index is 10.7. The van der Waals surface area contributed by atoms with Gasteiger partial charge in [0.2, 0.25) is 0 Å². The number of aromatic nitrogens is 2. The summed E-state index contributed by atoms with van der Waals surface area (Å²) in [5, 5.41) is 8.73. The van der Waals surface area contributed by atoms with Gasteiger partial charge >= 0.3 is 5.97 Å². The second-order valence-corrected chi connectivity index (χ2v) is 3.32. The van der Waals surface area contributed by atoms with Gasteiger partial charge in [0.05, 0.1) is 6.26 Å².